The summed E-state index contributed by atoms with van der Waals surface area (Å²) in [5.41, 5.74) is 6.28. The molecule has 5 nitrogen and oxygen atoms in total. The molecule has 4 rings (SSSR count). The molecule has 0 aromatic heterocycles. The van der Waals surface area contributed by atoms with E-state index in [-0.39, 0.29) is 23.0 Å². The summed E-state index contributed by atoms with van der Waals surface area (Å²) in [5.74, 6) is -1.67. The molecule has 3 N–H and O–H groups in total. The number of phenolic OH excluding ortho intramolecular Hbond substituents is 1. The van der Waals surface area contributed by atoms with Gasteiger partial charge in [-0.05, 0) is 67.0 Å². The molecule has 2 aromatic carbocycles. The van der Waals surface area contributed by atoms with Gasteiger partial charge < -0.3 is 15.5 Å². The number of allylic oxidation sites excluding steroid dienone is 3. The van der Waals surface area contributed by atoms with E-state index in [1.165, 1.54) is 16.7 Å². The molecular formula is C26H27NO4. The number of phenols is 1. The number of hydrogen-bond acceptors (Lipinski definition) is 4. The number of carbonyl (C=O) groups is 2. The van der Waals surface area contributed by atoms with Crippen LogP contribution in [0.1, 0.15) is 60.3 Å². The van der Waals surface area contributed by atoms with Gasteiger partial charge in [0.15, 0.2) is 5.78 Å². The second-order valence-corrected chi connectivity index (χ2v) is 8.43. The van der Waals surface area contributed by atoms with Crippen LogP contribution in [0, 0.1) is 13.8 Å². The number of carboxylic acid groups (broad SMARTS) is 1. The van der Waals surface area contributed by atoms with Crippen molar-refractivity contribution >= 4 is 11.8 Å². The summed E-state index contributed by atoms with van der Waals surface area (Å²) in [5, 5.41) is 23.4. The van der Waals surface area contributed by atoms with Gasteiger partial charge >= 0.3 is 5.97 Å². The number of Topliss-reactive ketones (excluding diaryl/α,β-unsaturated/α-hetero) is 1. The number of rotatable bonds is 4. The monoisotopic (exact) mass is 417 g/mol. The normalized spacial score (nSPS) is 21.1. The Hall–Kier alpha value is -3.34. The van der Waals surface area contributed by atoms with Crippen molar-refractivity contribution in [1.82, 2.24) is 5.32 Å². The first-order valence-corrected chi connectivity index (χ1v) is 10.7. The van der Waals surface area contributed by atoms with Gasteiger partial charge in [-0.1, -0.05) is 37.3 Å². The summed E-state index contributed by atoms with van der Waals surface area (Å²) < 4.78 is 0. The van der Waals surface area contributed by atoms with E-state index >= 15 is 0 Å². The van der Waals surface area contributed by atoms with Crippen molar-refractivity contribution in [1.29, 1.82) is 0 Å². The van der Waals surface area contributed by atoms with Gasteiger partial charge in [0.25, 0.3) is 0 Å². The second-order valence-electron chi connectivity index (χ2n) is 8.43. The molecule has 1 aliphatic heterocycles. The van der Waals surface area contributed by atoms with Crippen LogP contribution in [0.4, 0.5) is 0 Å². The van der Waals surface area contributed by atoms with Crippen molar-refractivity contribution < 1.29 is 19.8 Å². The molecule has 5 heteroatoms. The molecule has 0 amide bonds. The van der Waals surface area contributed by atoms with Crippen LogP contribution in [0.3, 0.4) is 0 Å². The molecule has 1 heterocycles. The van der Waals surface area contributed by atoms with Crippen molar-refractivity contribution in [3.63, 3.8) is 0 Å². The quantitative estimate of drug-likeness (QED) is 0.662. The van der Waals surface area contributed by atoms with E-state index in [1.54, 1.807) is 24.3 Å². The van der Waals surface area contributed by atoms with Crippen molar-refractivity contribution in [2.24, 2.45) is 0 Å². The summed E-state index contributed by atoms with van der Waals surface area (Å²) >= 11 is 0. The largest absolute Gasteiger partial charge is 0.508 e. The number of nitrogens with one attached hydrogen (secondary N) is 1. The zero-order valence-electron chi connectivity index (χ0n) is 18.0. The van der Waals surface area contributed by atoms with Gasteiger partial charge in [0.2, 0.25) is 0 Å². The van der Waals surface area contributed by atoms with Gasteiger partial charge in [-0.15, -0.1) is 0 Å². The van der Waals surface area contributed by atoms with Crippen LogP contribution in [0.5, 0.6) is 5.75 Å². The van der Waals surface area contributed by atoms with Gasteiger partial charge in [0.05, 0.1) is 5.57 Å². The van der Waals surface area contributed by atoms with E-state index < -0.39 is 11.9 Å². The van der Waals surface area contributed by atoms with Crippen LogP contribution in [-0.4, -0.2) is 22.0 Å². The highest BCUT2D eigenvalue weighted by Gasteiger charge is 2.41. The standard InChI is InChI=1S/C26H27NO4/c1-4-19-25(26(30)31)23(16-9-6-10-18(28)11-16)24-20(27-19)12-17(13-21(24)29)22-14(2)7-5-8-15(22)3/h5-11,17,23,27-28H,4,12-13H2,1-3H3,(H,30,31). The molecule has 1 aliphatic carbocycles. The molecule has 160 valence electrons. The summed E-state index contributed by atoms with van der Waals surface area (Å²) in [6, 6.07) is 12.7. The number of ketones is 1. The number of dihydropyridines is 1. The van der Waals surface area contributed by atoms with Crippen molar-refractivity contribution in [3.8, 4) is 5.75 Å². The second kappa shape index (κ2) is 8.06. The number of carboxylic acids is 1. The summed E-state index contributed by atoms with van der Waals surface area (Å²) in [6.45, 7) is 6.05. The lowest BCUT2D eigenvalue weighted by molar-refractivity contribution is -0.133. The Morgan fingerprint density at radius 3 is 2.39 bits per heavy atom. The van der Waals surface area contributed by atoms with Gasteiger partial charge in [-0.25, -0.2) is 4.79 Å². The maximum absolute atomic E-state index is 13.5. The van der Waals surface area contributed by atoms with Gasteiger partial charge in [0, 0.05) is 29.3 Å². The fourth-order valence-electron chi connectivity index (χ4n) is 5.20. The average molecular weight is 418 g/mol. The lowest BCUT2D eigenvalue weighted by Crippen LogP contribution is -2.36. The van der Waals surface area contributed by atoms with Crippen LogP contribution < -0.4 is 5.32 Å². The maximum atomic E-state index is 13.5. The van der Waals surface area contributed by atoms with E-state index in [0.717, 1.165) is 5.70 Å². The highest BCUT2D eigenvalue weighted by molar-refractivity contribution is 6.04. The number of aryl methyl sites for hydroxylation is 2. The minimum absolute atomic E-state index is 0.0383. The number of aromatic hydroxyl groups is 1. The molecule has 2 unspecified atom stereocenters. The fourth-order valence-corrected chi connectivity index (χ4v) is 5.20. The topological polar surface area (TPSA) is 86.6 Å². The lowest BCUT2D eigenvalue weighted by atomic mass is 9.70. The molecule has 0 radical (unpaired) electrons. The third kappa shape index (κ3) is 3.65. The van der Waals surface area contributed by atoms with E-state index in [1.807, 2.05) is 13.0 Å². The maximum Gasteiger partial charge on any atom is 0.334 e. The number of aliphatic carboxylic acids is 1. The predicted octanol–water partition coefficient (Wildman–Crippen LogP) is 4.85. The fraction of sp³-hybridized carbons (Fsp3) is 0.308. The Balaban J connectivity index is 1.86. The van der Waals surface area contributed by atoms with E-state index in [9.17, 15) is 19.8 Å². The number of carbonyl (C=O) groups excluding carboxylic acids is 1. The molecule has 2 aromatic rings. The van der Waals surface area contributed by atoms with Crippen LogP contribution in [0.25, 0.3) is 0 Å². The Bertz CT molecular complexity index is 1120. The molecule has 0 saturated carbocycles. The molecule has 2 aliphatic rings. The molecule has 0 bridgehead atoms. The third-order valence-corrected chi connectivity index (χ3v) is 6.45. The van der Waals surface area contributed by atoms with Crippen molar-refractivity contribution in [2.75, 3.05) is 0 Å². The zero-order valence-corrected chi connectivity index (χ0v) is 18.0. The van der Waals surface area contributed by atoms with Crippen LogP contribution in [-0.2, 0) is 9.59 Å². The van der Waals surface area contributed by atoms with Crippen LogP contribution >= 0.6 is 0 Å². The van der Waals surface area contributed by atoms with Crippen LogP contribution in [0.2, 0.25) is 0 Å². The van der Waals surface area contributed by atoms with Crippen molar-refractivity contribution in [2.45, 2.75) is 51.9 Å². The Morgan fingerprint density at radius 1 is 1.10 bits per heavy atom. The first-order valence-electron chi connectivity index (χ1n) is 10.7. The molecule has 0 saturated heterocycles. The summed E-state index contributed by atoms with van der Waals surface area (Å²) in [6.07, 6.45) is 1.50. The van der Waals surface area contributed by atoms with E-state index in [2.05, 4.69) is 31.3 Å². The minimum Gasteiger partial charge on any atom is -0.508 e. The van der Waals surface area contributed by atoms with Gasteiger partial charge in [-0.3, -0.25) is 4.79 Å². The highest BCUT2D eigenvalue weighted by atomic mass is 16.4. The molecular weight excluding hydrogens is 390 g/mol. The number of benzene rings is 2. The Kier molecular flexibility index (Phi) is 5.44. The summed E-state index contributed by atoms with van der Waals surface area (Å²) in [7, 11) is 0. The third-order valence-electron chi connectivity index (χ3n) is 6.45. The Morgan fingerprint density at radius 2 is 1.77 bits per heavy atom. The van der Waals surface area contributed by atoms with E-state index in [0.29, 0.717) is 36.1 Å². The SMILES string of the molecule is CCC1=C(C(=O)O)C(c2cccc(O)c2)C2=C(CC(c3c(C)cccc3C)CC2=O)N1. The molecule has 2 atom stereocenters. The first kappa shape index (κ1) is 20.9. The minimum atomic E-state index is -1.05. The van der Waals surface area contributed by atoms with Crippen molar-refractivity contribution in [3.05, 3.63) is 87.3 Å². The zero-order chi connectivity index (χ0) is 22.3. The van der Waals surface area contributed by atoms with Gasteiger partial charge in [-0.2, -0.15) is 0 Å². The Labute approximate surface area is 182 Å². The molecule has 0 spiro atoms. The molecule has 0 fully saturated rings. The average Bonchev–Trinajstić information content (AvgIpc) is 2.72. The highest BCUT2D eigenvalue weighted by Crippen LogP contribution is 2.47. The van der Waals surface area contributed by atoms with Gasteiger partial charge in [0.1, 0.15) is 5.75 Å². The smallest absolute Gasteiger partial charge is 0.334 e. The van der Waals surface area contributed by atoms with Crippen LogP contribution in [0.15, 0.2) is 65.0 Å². The molecule has 31 heavy (non-hydrogen) atoms. The lowest BCUT2D eigenvalue weighted by Gasteiger charge is -2.37. The number of hydrogen-bond donors (Lipinski definition) is 3. The first-order chi connectivity index (χ1) is 14.8. The predicted molar refractivity (Wildman–Crippen MR) is 119 cm³/mol. The van der Waals surface area contributed by atoms with E-state index in [4.69, 9.17) is 0 Å². The summed E-state index contributed by atoms with van der Waals surface area (Å²) in [4.78, 5) is 25.7.